The summed E-state index contributed by atoms with van der Waals surface area (Å²) in [4.78, 5) is 18.6. The van der Waals surface area contributed by atoms with Crippen LogP contribution in [0.5, 0.6) is 0 Å². The van der Waals surface area contributed by atoms with Gasteiger partial charge in [0.2, 0.25) is 5.91 Å². The minimum absolute atomic E-state index is 0.276. The molecule has 1 amide bonds. The predicted octanol–water partition coefficient (Wildman–Crippen LogP) is 2.03. The van der Waals surface area contributed by atoms with E-state index >= 15 is 0 Å². The van der Waals surface area contributed by atoms with Crippen molar-refractivity contribution in [3.05, 3.63) is 11.6 Å². The molecule has 0 bridgehead atoms. The molecule has 1 aromatic rings. The molecule has 4 nitrogen and oxygen atoms in total. The molecule has 1 N–H and O–H groups in total. The van der Waals surface area contributed by atoms with Gasteiger partial charge < -0.3 is 10.2 Å². The van der Waals surface area contributed by atoms with Crippen molar-refractivity contribution >= 4 is 22.4 Å². The van der Waals surface area contributed by atoms with Crippen LogP contribution in [0.15, 0.2) is 11.6 Å². The molecular formula is C13H19N3OS. The van der Waals surface area contributed by atoms with Gasteiger partial charge in [-0.3, -0.25) is 4.79 Å². The minimum atomic E-state index is 0.276. The van der Waals surface area contributed by atoms with Crippen molar-refractivity contribution in [1.82, 2.24) is 10.3 Å². The number of hydrogen-bond acceptors (Lipinski definition) is 4. The molecule has 3 rings (SSSR count). The number of carbonyl (C=O) groups excluding carboxylic acids is 1. The summed E-state index contributed by atoms with van der Waals surface area (Å²) < 4.78 is 0. The molecule has 18 heavy (non-hydrogen) atoms. The quantitative estimate of drug-likeness (QED) is 0.909. The van der Waals surface area contributed by atoms with E-state index in [4.69, 9.17) is 0 Å². The van der Waals surface area contributed by atoms with E-state index in [1.54, 1.807) is 11.3 Å². The first-order valence-electron chi connectivity index (χ1n) is 6.78. The molecule has 1 saturated carbocycles. The van der Waals surface area contributed by atoms with Crippen LogP contribution in [0.25, 0.3) is 0 Å². The minimum Gasteiger partial charge on any atom is -0.351 e. The maximum Gasteiger partial charge on any atom is 0.223 e. The Morgan fingerprint density at radius 3 is 2.94 bits per heavy atom. The van der Waals surface area contributed by atoms with Gasteiger partial charge >= 0.3 is 0 Å². The summed E-state index contributed by atoms with van der Waals surface area (Å²) in [6.07, 6.45) is 7.47. The molecule has 1 aliphatic heterocycles. The number of nitrogens with zero attached hydrogens (tertiary/aromatic N) is 2. The summed E-state index contributed by atoms with van der Waals surface area (Å²) in [5.41, 5.74) is 0. The molecule has 1 atom stereocenters. The Labute approximate surface area is 111 Å². The molecule has 1 aliphatic carbocycles. The summed E-state index contributed by atoms with van der Waals surface area (Å²) in [5.74, 6) is 0.553. The smallest absolute Gasteiger partial charge is 0.223 e. The van der Waals surface area contributed by atoms with E-state index in [1.807, 2.05) is 11.6 Å². The van der Waals surface area contributed by atoms with Crippen LogP contribution in [0.4, 0.5) is 5.13 Å². The van der Waals surface area contributed by atoms with Gasteiger partial charge in [0, 0.05) is 36.6 Å². The number of aromatic nitrogens is 1. The predicted molar refractivity (Wildman–Crippen MR) is 72.8 cm³/mol. The van der Waals surface area contributed by atoms with E-state index in [-0.39, 0.29) is 11.8 Å². The number of thiazole rings is 1. The summed E-state index contributed by atoms with van der Waals surface area (Å²) >= 11 is 1.67. The van der Waals surface area contributed by atoms with Crippen LogP contribution >= 0.6 is 11.3 Å². The monoisotopic (exact) mass is 265 g/mol. The van der Waals surface area contributed by atoms with Crippen LogP contribution in [-0.2, 0) is 4.79 Å². The second-order valence-electron chi connectivity index (χ2n) is 5.24. The van der Waals surface area contributed by atoms with Gasteiger partial charge in [-0.15, -0.1) is 11.3 Å². The van der Waals surface area contributed by atoms with E-state index in [9.17, 15) is 4.79 Å². The van der Waals surface area contributed by atoms with E-state index in [0.29, 0.717) is 6.04 Å². The van der Waals surface area contributed by atoms with E-state index in [1.165, 1.54) is 12.8 Å². The average molecular weight is 265 g/mol. The Morgan fingerprint density at radius 2 is 2.22 bits per heavy atom. The van der Waals surface area contributed by atoms with Crippen LogP contribution in [0, 0.1) is 5.92 Å². The third-order valence-electron chi connectivity index (χ3n) is 3.95. The lowest BCUT2D eigenvalue weighted by Crippen LogP contribution is -2.40. The Bertz CT molecular complexity index is 400. The van der Waals surface area contributed by atoms with Crippen LogP contribution in [0.3, 0.4) is 0 Å². The molecule has 2 fully saturated rings. The van der Waals surface area contributed by atoms with Crippen molar-refractivity contribution in [1.29, 1.82) is 0 Å². The molecule has 0 radical (unpaired) electrons. The van der Waals surface area contributed by atoms with Gasteiger partial charge in [-0.25, -0.2) is 4.98 Å². The fourth-order valence-corrected chi connectivity index (χ4v) is 3.61. The van der Waals surface area contributed by atoms with E-state index in [0.717, 1.165) is 37.5 Å². The lowest BCUT2D eigenvalue weighted by molar-refractivity contribution is -0.125. The molecule has 98 valence electrons. The highest BCUT2D eigenvalue weighted by molar-refractivity contribution is 7.13. The van der Waals surface area contributed by atoms with Gasteiger partial charge in [-0.2, -0.15) is 0 Å². The number of amides is 1. The maximum atomic E-state index is 12.1. The van der Waals surface area contributed by atoms with Crippen molar-refractivity contribution in [2.24, 2.45) is 5.92 Å². The topological polar surface area (TPSA) is 45.2 Å². The van der Waals surface area contributed by atoms with Gasteiger partial charge in [0.1, 0.15) is 0 Å². The standard InChI is InChI=1S/C13H19N3OS/c17-12(10-3-1-2-4-10)15-11-5-7-16(9-11)13-14-6-8-18-13/h6,8,10-11H,1-5,7,9H2,(H,15,17). The first kappa shape index (κ1) is 12.0. The second-order valence-corrected chi connectivity index (χ2v) is 6.11. The fourth-order valence-electron chi connectivity index (χ4n) is 2.93. The van der Waals surface area contributed by atoms with Gasteiger partial charge in [0.25, 0.3) is 0 Å². The van der Waals surface area contributed by atoms with Crippen LogP contribution in [-0.4, -0.2) is 30.0 Å². The Hall–Kier alpha value is -1.10. The number of rotatable bonds is 3. The molecule has 0 spiro atoms. The molecule has 0 aromatic carbocycles. The first-order chi connectivity index (χ1) is 8.83. The number of anilines is 1. The van der Waals surface area contributed by atoms with E-state index < -0.39 is 0 Å². The fraction of sp³-hybridized carbons (Fsp3) is 0.692. The Balaban J connectivity index is 1.51. The van der Waals surface area contributed by atoms with Crippen LogP contribution < -0.4 is 10.2 Å². The average Bonchev–Trinajstić information content (AvgIpc) is 3.12. The van der Waals surface area contributed by atoms with Crippen LogP contribution in [0.2, 0.25) is 0 Å². The van der Waals surface area contributed by atoms with Crippen LogP contribution in [0.1, 0.15) is 32.1 Å². The maximum absolute atomic E-state index is 12.1. The lowest BCUT2D eigenvalue weighted by Gasteiger charge is -2.17. The summed E-state index contributed by atoms with van der Waals surface area (Å²) in [7, 11) is 0. The number of carbonyl (C=O) groups is 1. The third-order valence-corrected chi connectivity index (χ3v) is 4.78. The highest BCUT2D eigenvalue weighted by Gasteiger charge is 2.29. The zero-order valence-corrected chi connectivity index (χ0v) is 11.3. The van der Waals surface area contributed by atoms with Gasteiger partial charge in [-0.05, 0) is 19.3 Å². The summed E-state index contributed by atoms with van der Waals surface area (Å²) in [6.45, 7) is 1.91. The summed E-state index contributed by atoms with van der Waals surface area (Å²) in [6, 6.07) is 0.307. The molecular weight excluding hydrogens is 246 g/mol. The highest BCUT2D eigenvalue weighted by atomic mass is 32.1. The van der Waals surface area contributed by atoms with Gasteiger partial charge in [0.15, 0.2) is 5.13 Å². The van der Waals surface area contributed by atoms with Crippen molar-refractivity contribution in [2.75, 3.05) is 18.0 Å². The zero-order valence-electron chi connectivity index (χ0n) is 10.5. The largest absolute Gasteiger partial charge is 0.351 e. The summed E-state index contributed by atoms with van der Waals surface area (Å²) in [5, 5.41) is 6.29. The Morgan fingerprint density at radius 1 is 1.39 bits per heavy atom. The zero-order chi connectivity index (χ0) is 12.4. The Kier molecular flexibility index (Phi) is 3.50. The highest BCUT2D eigenvalue weighted by Crippen LogP contribution is 2.26. The molecule has 1 unspecified atom stereocenters. The third kappa shape index (κ3) is 2.51. The number of hydrogen-bond donors (Lipinski definition) is 1. The molecule has 2 heterocycles. The molecule has 2 aliphatic rings. The number of nitrogens with one attached hydrogen (secondary N) is 1. The van der Waals surface area contributed by atoms with Crippen molar-refractivity contribution in [3.8, 4) is 0 Å². The van der Waals surface area contributed by atoms with Crippen molar-refractivity contribution < 1.29 is 4.79 Å². The normalized spacial score (nSPS) is 24.7. The van der Waals surface area contributed by atoms with Gasteiger partial charge in [0.05, 0.1) is 0 Å². The van der Waals surface area contributed by atoms with Crippen molar-refractivity contribution in [2.45, 2.75) is 38.1 Å². The SMILES string of the molecule is O=C(NC1CCN(c2nccs2)C1)C1CCCC1. The van der Waals surface area contributed by atoms with Gasteiger partial charge in [-0.1, -0.05) is 12.8 Å². The lowest BCUT2D eigenvalue weighted by atomic mass is 10.1. The second kappa shape index (κ2) is 5.26. The van der Waals surface area contributed by atoms with Crippen molar-refractivity contribution in [3.63, 3.8) is 0 Å². The molecule has 1 saturated heterocycles. The van der Waals surface area contributed by atoms with E-state index in [2.05, 4.69) is 15.2 Å². The first-order valence-corrected chi connectivity index (χ1v) is 7.66. The molecule has 1 aromatic heterocycles. The molecule has 5 heteroatoms.